The molecular weight excluding hydrogens is 778 g/mol. The number of carbonyl (C=O) groups is 2. The van der Waals surface area contributed by atoms with Crippen molar-refractivity contribution in [1.29, 1.82) is 0 Å². The summed E-state index contributed by atoms with van der Waals surface area (Å²) in [6, 6.07) is 44.0. The molecule has 0 unspecified atom stereocenters. The van der Waals surface area contributed by atoms with E-state index < -0.39 is 11.9 Å². The number of hydrogen-bond donors (Lipinski definition) is 2. The minimum atomic E-state index is -0.956. The van der Waals surface area contributed by atoms with Crippen molar-refractivity contribution in [2.45, 2.75) is 0 Å². The Morgan fingerprint density at radius 2 is 0.600 bits per heavy atom. The van der Waals surface area contributed by atoms with E-state index in [1.54, 1.807) is 85.7 Å². The van der Waals surface area contributed by atoms with Gasteiger partial charge in [0.15, 0.2) is 0 Å². The Morgan fingerprint density at radius 1 is 0.327 bits per heavy atom. The molecule has 0 amide bonds. The molecule has 0 aliphatic rings. The molecule has 0 saturated heterocycles. The monoisotopic (exact) mass is 810 g/mol. The molecule has 0 aliphatic carbocycles. The molecule has 0 bridgehead atoms. The van der Waals surface area contributed by atoms with Gasteiger partial charge in [-0.1, -0.05) is 60.7 Å². The fourth-order valence-corrected chi connectivity index (χ4v) is 5.10. The first-order valence-electron chi connectivity index (χ1n) is 16.7. The van der Waals surface area contributed by atoms with Gasteiger partial charge in [0.25, 0.3) is 0 Å². The molecule has 2 N–H and O–H groups in total. The molecule has 0 fully saturated rings. The number of benzene rings is 2. The van der Waals surface area contributed by atoms with Crippen molar-refractivity contribution in [3.8, 4) is 56.4 Å². The fourth-order valence-electron chi connectivity index (χ4n) is 5.10. The summed E-state index contributed by atoms with van der Waals surface area (Å²) in [5.74, 6) is -1.91. The minimum Gasteiger partial charge on any atom is -0.478 e. The second-order valence-corrected chi connectivity index (χ2v) is 11.5. The zero-order valence-electron chi connectivity index (χ0n) is 29.1. The molecule has 270 valence electrons. The number of carboxylic acids is 2. The molecule has 8 rings (SSSR count). The van der Waals surface area contributed by atoms with Crippen molar-refractivity contribution in [2.75, 3.05) is 0 Å². The quantitative estimate of drug-likeness (QED) is 0.149. The largest absolute Gasteiger partial charge is 0.478 e. The van der Waals surface area contributed by atoms with Gasteiger partial charge >= 0.3 is 11.9 Å². The molecule has 10 nitrogen and oxygen atoms in total. The molecule has 0 aliphatic heterocycles. The van der Waals surface area contributed by atoms with Crippen molar-refractivity contribution < 1.29 is 39.3 Å². The SMILES string of the molecule is O=C(O)c1ccc(-c2ccc(-c3ccc(-c4ccc(C(=O)O)cc4)cn3)nc2)cc1.[Ru].c1ccc(-c2ccccn2)nc1.c1ccc(-c2ccccn2)nc1. The number of nitrogens with zero attached hydrogens (tertiary/aromatic N) is 6. The summed E-state index contributed by atoms with van der Waals surface area (Å²) >= 11 is 0. The van der Waals surface area contributed by atoms with Crippen LogP contribution in [0.3, 0.4) is 0 Å². The molecule has 55 heavy (non-hydrogen) atoms. The van der Waals surface area contributed by atoms with Crippen LogP contribution in [-0.4, -0.2) is 52.1 Å². The zero-order valence-corrected chi connectivity index (χ0v) is 30.8. The first-order valence-corrected chi connectivity index (χ1v) is 16.7. The van der Waals surface area contributed by atoms with Crippen LogP contribution < -0.4 is 0 Å². The van der Waals surface area contributed by atoms with Crippen LogP contribution in [-0.2, 0) is 19.5 Å². The average Bonchev–Trinajstić information content (AvgIpc) is 3.25. The summed E-state index contributed by atoms with van der Waals surface area (Å²) in [5, 5.41) is 18.0. The van der Waals surface area contributed by atoms with Crippen LogP contribution >= 0.6 is 0 Å². The first kappa shape index (κ1) is 39.1. The maximum absolute atomic E-state index is 11.0. The Labute approximate surface area is 330 Å². The summed E-state index contributed by atoms with van der Waals surface area (Å²) in [7, 11) is 0. The van der Waals surface area contributed by atoms with E-state index in [4.69, 9.17) is 10.2 Å². The Kier molecular flexibility index (Phi) is 14.0. The van der Waals surface area contributed by atoms with E-state index in [1.165, 1.54) is 0 Å². The molecule has 6 aromatic heterocycles. The number of rotatable bonds is 7. The fraction of sp³-hybridized carbons (Fsp3) is 0. The summed E-state index contributed by atoms with van der Waals surface area (Å²) in [6.45, 7) is 0. The Hall–Kier alpha value is -7.10. The van der Waals surface area contributed by atoms with Gasteiger partial charge in [0.05, 0.1) is 45.3 Å². The van der Waals surface area contributed by atoms with Crippen LogP contribution in [0.5, 0.6) is 0 Å². The van der Waals surface area contributed by atoms with Crippen molar-refractivity contribution >= 4 is 11.9 Å². The second-order valence-electron chi connectivity index (χ2n) is 11.5. The maximum Gasteiger partial charge on any atom is 0.335 e. The van der Waals surface area contributed by atoms with E-state index in [2.05, 4.69) is 29.9 Å². The predicted molar refractivity (Wildman–Crippen MR) is 207 cm³/mol. The summed E-state index contributed by atoms with van der Waals surface area (Å²) in [5.41, 5.74) is 9.10. The van der Waals surface area contributed by atoms with Crippen LogP contribution in [0.1, 0.15) is 20.7 Å². The molecule has 0 radical (unpaired) electrons. The zero-order chi connectivity index (χ0) is 37.5. The number of aromatic nitrogens is 6. The van der Waals surface area contributed by atoms with E-state index in [0.717, 1.165) is 45.0 Å². The van der Waals surface area contributed by atoms with Crippen molar-refractivity contribution in [1.82, 2.24) is 29.9 Å². The van der Waals surface area contributed by atoms with Gasteiger partial charge in [-0.15, -0.1) is 0 Å². The van der Waals surface area contributed by atoms with Crippen molar-refractivity contribution in [3.63, 3.8) is 0 Å². The molecule has 0 saturated carbocycles. The van der Waals surface area contributed by atoms with Gasteiger partial charge in [-0.2, -0.15) is 0 Å². The molecule has 2 aromatic carbocycles. The smallest absolute Gasteiger partial charge is 0.335 e. The van der Waals surface area contributed by atoms with Crippen LogP contribution in [0.4, 0.5) is 0 Å². The number of pyridine rings is 6. The Bertz CT molecular complexity index is 2140. The first-order chi connectivity index (χ1) is 26.4. The van der Waals surface area contributed by atoms with E-state index in [-0.39, 0.29) is 30.6 Å². The van der Waals surface area contributed by atoms with Gasteiger partial charge in [0, 0.05) is 67.8 Å². The molecule has 0 spiro atoms. The maximum atomic E-state index is 11.0. The normalized spacial score (nSPS) is 9.96. The number of aromatic carboxylic acids is 2. The van der Waals surface area contributed by atoms with Gasteiger partial charge in [-0.05, 0) is 96.1 Å². The van der Waals surface area contributed by atoms with Crippen LogP contribution in [0, 0.1) is 0 Å². The average molecular weight is 810 g/mol. The van der Waals surface area contributed by atoms with Gasteiger partial charge in [0.1, 0.15) is 0 Å². The van der Waals surface area contributed by atoms with Crippen LogP contribution in [0.25, 0.3) is 56.4 Å². The number of hydrogen-bond acceptors (Lipinski definition) is 8. The van der Waals surface area contributed by atoms with Gasteiger partial charge in [-0.25, -0.2) is 9.59 Å². The molecular formula is C44H32N6O4Ru. The van der Waals surface area contributed by atoms with Crippen molar-refractivity contribution in [3.05, 3.63) is 194 Å². The topological polar surface area (TPSA) is 152 Å². The van der Waals surface area contributed by atoms with E-state index in [0.29, 0.717) is 11.4 Å². The summed E-state index contributed by atoms with van der Waals surface area (Å²) < 4.78 is 0. The molecule has 11 heteroatoms. The third kappa shape index (κ3) is 11.0. The Morgan fingerprint density at radius 3 is 0.818 bits per heavy atom. The molecule has 6 heterocycles. The standard InChI is InChI=1S/C24H16N2O4.2C10H8N2.Ru/c27-23(28)17-5-1-15(2-6-17)19-9-11-21(25-13-19)22-12-10-20(14-26-22)16-3-7-18(8-4-16)24(29)30;2*1-3-7-11-9(5-1)10-6-2-4-8-12-10;/h1-14H,(H,27,28)(H,29,30);2*1-8H;. The van der Waals surface area contributed by atoms with Gasteiger partial charge in [0.2, 0.25) is 0 Å². The second kappa shape index (κ2) is 19.7. The van der Waals surface area contributed by atoms with Gasteiger partial charge < -0.3 is 10.2 Å². The van der Waals surface area contributed by atoms with Gasteiger partial charge in [-0.3, -0.25) is 29.9 Å². The summed E-state index contributed by atoms with van der Waals surface area (Å²) in [6.07, 6.45) is 10.5. The van der Waals surface area contributed by atoms with E-state index >= 15 is 0 Å². The van der Waals surface area contributed by atoms with Crippen LogP contribution in [0.15, 0.2) is 183 Å². The van der Waals surface area contributed by atoms with Crippen LogP contribution in [0.2, 0.25) is 0 Å². The minimum absolute atomic E-state index is 0. The predicted octanol–water partition coefficient (Wildman–Crippen LogP) is 9.16. The van der Waals surface area contributed by atoms with Crippen molar-refractivity contribution in [2.24, 2.45) is 0 Å². The molecule has 8 aromatic rings. The summed E-state index contributed by atoms with van der Waals surface area (Å²) in [4.78, 5) is 47.6. The third-order valence-corrected chi connectivity index (χ3v) is 7.90. The molecule has 0 atom stereocenters. The third-order valence-electron chi connectivity index (χ3n) is 7.90. The Balaban J connectivity index is 0.000000189. The van der Waals surface area contributed by atoms with E-state index in [9.17, 15) is 9.59 Å². The van der Waals surface area contributed by atoms with E-state index in [1.807, 2.05) is 97.1 Å². The number of carboxylic acid groups (broad SMARTS) is 2.